The summed E-state index contributed by atoms with van der Waals surface area (Å²) in [5, 5.41) is 0.807. The Bertz CT molecular complexity index is 1060. The van der Waals surface area contributed by atoms with E-state index in [2.05, 4.69) is 4.98 Å². The molecule has 0 bridgehead atoms. The Kier molecular flexibility index (Phi) is 7.94. The van der Waals surface area contributed by atoms with E-state index in [4.69, 9.17) is 9.47 Å². The number of hydrogen-bond donors (Lipinski definition) is 0. The number of fused-ring (bicyclic) bond motifs is 1. The van der Waals surface area contributed by atoms with Crippen molar-refractivity contribution in [2.24, 2.45) is 0 Å². The molecule has 168 valence electrons. The monoisotopic (exact) mass is 454 g/mol. The Hall–Kier alpha value is -3.26. The Morgan fingerprint density at radius 3 is 2.47 bits per heavy atom. The van der Waals surface area contributed by atoms with Crippen LogP contribution in [0.4, 0.5) is 0 Å². The van der Waals surface area contributed by atoms with Gasteiger partial charge in [0.25, 0.3) is 5.91 Å². The lowest BCUT2D eigenvalue weighted by molar-refractivity contribution is -0.158. The van der Waals surface area contributed by atoms with Crippen LogP contribution in [0.3, 0.4) is 0 Å². The molecule has 1 aromatic heterocycles. The molecule has 0 spiro atoms. The molecule has 0 aliphatic heterocycles. The molecule has 8 heteroatoms. The van der Waals surface area contributed by atoms with Crippen LogP contribution in [0.25, 0.3) is 10.2 Å². The molecular weight excluding hydrogens is 428 g/mol. The zero-order chi connectivity index (χ0) is 23.1. The maximum Gasteiger partial charge on any atom is 0.307 e. The lowest BCUT2D eigenvalue weighted by Gasteiger charge is -2.20. The minimum atomic E-state index is -0.942. The number of ether oxygens (including phenoxy) is 2. The number of rotatable bonds is 10. The first-order chi connectivity index (χ1) is 15.4. The topological polar surface area (TPSA) is 85.8 Å². The molecule has 32 heavy (non-hydrogen) atoms. The Morgan fingerprint density at radius 2 is 1.78 bits per heavy atom. The zero-order valence-corrected chi connectivity index (χ0v) is 19.2. The van der Waals surface area contributed by atoms with Crippen LogP contribution in [0.5, 0.6) is 5.75 Å². The van der Waals surface area contributed by atoms with Crippen LogP contribution in [0.1, 0.15) is 42.1 Å². The number of likely N-dealkylation sites (N-methyl/N-ethyl adjacent to an activating group) is 1. The van der Waals surface area contributed by atoms with Gasteiger partial charge in [-0.25, -0.2) is 4.98 Å². The van der Waals surface area contributed by atoms with Gasteiger partial charge in [-0.15, -0.1) is 11.3 Å². The van der Waals surface area contributed by atoms with Crippen molar-refractivity contribution in [1.29, 1.82) is 0 Å². The number of nitrogens with zero attached hydrogens (tertiary/aromatic N) is 2. The Labute approximate surface area is 191 Å². The third-order valence-corrected chi connectivity index (χ3v) is 5.81. The van der Waals surface area contributed by atoms with Gasteiger partial charge in [0.05, 0.1) is 29.8 Å². The van der Waals surface area contributed by atoms with Crippen molar-refractivity contribution in [2.75, 3.05) is 13.7 Å². The van der Waals surface area contributed by atoms with E-state index in [1.54, 1.807) is 31.3 Å². The number of Topliss-reactive ketones (excluding diaryl/α,β-unsaturated/α-hetero) is 1. The van der Waals surface area contributed by atoms with Crippen molar-refractivity contribution in [3.8, 4) is 5.75 Å². The number of carbonyl (C=O) groups excluding carboxylic acids is 3. The van der Waals surface area contributed by atoms with Gasteiger partial charge in [0.1, 0.15) is 10.8 Å². The smallest absolute Gasteiger partial charge is 0.307 e. The number of hydrogen-bond acceptors (Lipinski definition) is 7. The predicted octanol–water partition coefficient (Wildman–Crippen LogP) is 4.25. The molecule has 7 nitrogen and oxygen atoms in total. The van der Waals surface area contributed by atoms with Crippen molar-refractivity contribution in [1.82, 2.24) is 9.88 Å². The fourth-order valence-corrected chi connectivity index (χ4v) is 4.17. The normalized spacial score (nSPS) is 11.7. The molecule has 1 atom stereocenters. The van der Waals surface area contributed by atoms with Gasteiger partial charge in [-0.2, -0.15) is 0 Å². The van der Waals surface area contributed by atoms with Gasteiger partial charge in [-0.05, 0) is 50.2 Å². The molecule has 3 rings (SSSR count). The van der Waals surface area contributed by atoms with Crippen LogP contribution in [0, 0.1) is 0 Å². The van der Waals surface area contributed by atoms with E-state index in [9.17, 15) is 14.4 Å². The summed E-state index contributed by atoms with van der Waals surface area (Å²) in [6.45, 7) is 4.29. The third kappa shape index (κ3) is 6.13. The number of esters is 1. The van der Waals surface area contributed by atoms with E-state index in [1.807, 2.05) is 31.2 Å². The molecule has 0 N–H and O–H groups in total. The summed E-state index contributed by atoms with van der Waals surface area (Å²) in [5.41, 5.74) is 1.39. The summed E-state index contributed by atoms with van der Waals surface area (Å²) in [6, 6.07) is 14.6. The maximum absolute atomic E-state index is 12.6. The SMILES string of the molecule is CCOc1ccc(C(=O)CCC(=O)OC(C)C(=O)N(C)Cc2nc3ccccc3s2)cc1. The molecule has 0 radical (unpaired) electrons. The van der Waals surface area contributed by atoms with E-state index >= 15 is 0 Å². The predicted molar refractivity (Wildman–Crippen MR) is 123 cm³/mol. The first-order valence-corrected chi connectivity index (χ1v) is 11.2. The fraction of sp³-hybridized carbons (Fsp3) is 0.333. The minimum Gasteiger partial charge on any atom is -0.494 e. The van der Waals surface area contributed by atoms with Crippen molar-refractivity contribution < 1.29 is 23.9 Å². The highest BCUT2D eigenvalue weighted by atomic mass is 32.1. The number of amides is 1. The number of carbonyl (C=O) groups is 3. The number of benzene rings is 2. The van der Waals surface area contributed by atoms with E-state index in [0.29, 0.717) is 24.5 Å². The first kappa shape index (κ1) is 23.4. The molecule has 0 aliphatic carbocycles. The highest BCUT2D eigenvalue weighted by molar-refractivity contribution is 7.18. The molecule has 1 amide bonds. The average Bonchev–Trinajstić information content (AvgIpc) is 3.19. The highest BCUT2D eigenvalue weighted by Crippen LogP contribution is 2.22. The fourth-order valence-electron chi connectivity index (χ4n) is 3.15. The lowest BCUT2D eigenvalue weighted by atomic mass is 10.1. The molecule has 2 aromatic carbocycles. The van der Waals surface area contributed by atoms with E-state index in [0.717, 1.165) is 15.2 Å². The molecular formula is C24H26N2O5S. The number of thiazole rings is 1. The van der Waals surface area contributed by atoms with E-state index in [-0.39, 0.29) is 24.5 Å². The largest absolute Gasteiger partial charge is 0.494 e. The van der Waals surface area contributed by atoms with Crippen LogP contribution in [-0.4, -0.2) is 47.3 Å². The van der Waals surface area contributed by atoms with Crippen LogP contribution < -0.4 is 4.74 Å². The molecule has 3 aromatic rings. The average molecular weight is 455 g/mol. The quantitative estimate of drug-likeness (QED) is 0.336. The van der Waals surface area contributed by atoms with Gasteiger partial charge in [-0.3, -0.25) is 14.4 Å². The summed E-state index contributed by atoms with van der Waals surface area (Å²) >= 11 is 1.52. The number of ketones is 1. The molecule has 0 aliphatic rings. The summed E-state index contributed by atoms with van der Waals surface area (Å²) in [5.74, 6) is -0.392. The summed E-state index contributed by atoms with van der Waals surface area (Å²) in [4.78, 5) is 43.0. The van der Waals surface area contributed by atoms with Crippen molar-refractivity contribution >= 4 is 39.2 Å². The van der Waals surface area contributed by atoms with E-state index < -0.39 is 12.1 Å². The first-order valence-electron chi connectivity index (χ1n) is 10.4. The van der Waals surface area contributed by atoms with Gasteiger partial charge in [-0.1, -0.05) is 12.1 Å². The standard InChI is InChI=1S/C24H26N2O5S/c1-4-30-18-11-9-17(10-12-18)20(27)13-14-23(28)31-16(2)24(29)26(3)15-22-25-19-7-5-6-8-21(19)32-22/h5-12,16H,4,13-15H2,1-3H3. The van der Waals surface area contributed by atoms with Crippen molar-refractivity contribution in [2.45, 2.75) is 39.3 Å². The second-order valence-electron chi connectivity index (χ2n) is 7.28. The van der Waals surface area contributed by atoms with Crippen molar-refractivity contribution in [3.05, 3.63) is 59.1 Å². The minimum absolute atomic E-state index is 0.00920. The summed E-state index contributed by atoms with van der Waals surface area (Å²) in [6.07, 6.45) is -1.02. The van der Waals surface area contributed by atoms with Crippen LogP contribution in [-0.2, 0) is 20.9 Å². The number of aromatic nitrogens is 1. The Morgan fingerprint density at radius 1 is 1.06 bits per heavy atom. The highest BCUT2D eigenvalue weighted by Gasteiger charge is 2.23. The number of para-hydroxylation sites is 1. The second kappa shape index (κ2) is 10.9. The van der Waals surface area contributed by atoms with Gasteiger partial charge >= 0.3 is 5.97 Å². The van der Waals surface area contributed by atoms with E-state index in [1.165, 1.54) is 23.2 Å². The maximum atomic E-state index is 12.6. The lowest BCUT2D eigenvalue weighted by Crippen LogP contribution is -2.37. The van der Waals surface area contributed by atoms with Crippen LogP contribution in [0.15, 0.2) is 48.5 Å². The van der Waals surface area contributed by atoms with Gasteiger partial charge in [0.2, 0.25) is 0 Å². The Balaban J connectivity index is 1.46. The summed E-state index contributed by atoms with van der Waals surface area (Å²) in [7, 11) is 1.65. The van der Waals surface area contributed by atoms with Gasteiger partial charge < -0.3 is 14.4 Å². The van der Waals surface area contributed by atoms with Crippen molar-refractivity contribution in [3.63, 3.8) is 0 Å². The van der Waals surface area contributed by atoms with Gasteiger partial charge in [0, 0.05) is 19.0 Å². The summed E-state index contributed by atoms with van der Waals surface area (Å²) < 4.78 is 11.7. The second-order valence-corrected chi connectivity index (χ2v) is 8.40. The molecule has 1 unspecified atom stereocenters. The molecule has 1 heterocycles. The van der Waals surface area contributed by atoms with Crippen LogP contribution in [0.2, 0.25) is 0 Å². The molecule has 0 saturated heterocycles. The van der Waals surface area contributed by atoms with Gasteiger partial charge in [0.15, 0.2) is 11.9 Å². The third-order valence-electron chi connectivity index (χ3n) is 4.79. The van der Waals surface area contributed by atoms with Crippen LogP contribution >= 0.6 is 11.3 Å². The zero-order valence-electron chi connectivity index (χ0n) is 18.4. The molecule has 0 fully saturated rings. The molecule has 0 saturated carbocycles.